The van der Waals surface area contributed by atoms with Gasteiger partial charge >= 0.3 is 0 Å². The lowest BCUT2D eigenvalue weighted by Crippen LogP contribution is -2.04. The molecule has 0 fully saturated rings. The Morgan fingerprint density at radius 3 is 2.36 bits per heavy atom. The standard InChI is InChI=1S/C19H20ClNO/c1-14(2)15-6-8-16(9-7-15)17(13-21)10-11-22-19-5-3-4-18(20)12-19/h3-9,12,14,17H,10-11H2,1-2H3. The summed E-state index contributed by atoms with van der Waals surface area (Å²) in [4.78, 5) is 0. The molecule has 0 aliphatic carbocycles. The van der Waals surface area contributed by atoms with Gasteiger partial charge in [0.1, 0.15) is 5.75 Å². The van der Waals surface area contributed by atoms with Gasteiger partial charge in [-0.1, -0.05) is 55.8 Å². The summed E-state index contributed by atoms with van der Waals surface area (Å²) in [7, 11) is 0. The van der Waals surface area contributed by atoms with Crippen molar-refractivity contribution in [1.29, 1.82) is 5.26 Å². The van der Waals surface area contributed by atoms with Gasteiger partial charge in [-0.05, 0) is 35.2 Å². The van der Waals surface area contributed by atoms with Crippen molar-refractivity contribution in [3.05, 3.63) is 64.7 Å². The normalized spacial score (nSPS) is 12.0. The van der Waals surface area contributed by atoms with Crippen LogP contribution in [-0.4, -0.2) is 6.61 Å². The van der Waals surface area contributed by atoms with Gasteiger partial charge in [0, 0.05) is 11.4 Å². The lowest BCUT2D eigenvalue weighted by atomic mass is 9.94. The van der Waals surface area contributed by atoms with Crippen LogP contribution in [0, 0.1) is 11.3 Å². The van der Waals surface area contributed by atoms with Gasteiger partial charge in [-0.3, -0.25) is 0 Å². The molecule has 2 aromatic rings. The minimum Gasteiger partial charge on any atom is -0.493 e. The molecule has 2 nitrogen and oxygen atoms in total. The molecular weight excluding hydrogens is 294 g/mol. The van der Waals surface area contributed by atoms with Gasteiger partial charge in [0.05, 0.1) is 18.6 Å². The molecule has 2 aromatic carbocycles. The zero-order chi connectivity index (χ0) is 15.9. The molecule has 0 aromatic heterocycles. The number of nitrogens with zero attached hydrogens (tertiary/aromatic N) is 1. The molecule has 3 heteroatoms. The minimum absolute atomic E-state index is 0.152. The van der Waals surface area contributed by atoms with Gasteiger partial charge in [-0.15, -0.1) is 0 Å². The lowest BCUT2D eigenvalue weighted by molar-refractivity contribution is 0.306. The first-order valence-electron chi connectivity index (χ1n) is 7.48. The molecule has 0 spiro atoms. The van der Waals surface area contributed by atoms with Crippen LogP contribution in [0.25, 0.3) is 0 Å². The number of rotatable bonds is 6. The molecule has 1 atom stereocenters. The van der Waals surface area contributed by atoms with Crippen molar-refractivity contribution in [1.82, 2.24) is 0 Å². The smallest absolute Gasteiger partial charge is 0.120 e. The van der Waals surface area contributed by atoms with E-state index in [9.17, 15) is 5.26 Å². The van der Waals surface area contributed by atoms with E-state index in [2.05, 4.69) is 32.0 Å². The van der Waals surface area contributed by atoms with Crippen LogP contribution in [0.1, 0.15) is 43.2 Å². The van der Waals surface area contributed by atoms with Crippen molar-refractivity contribution in [3.63, 3.8) is 0 Å². The maximum absolute atomic E-state index is 9.37. The van der Waals surface area contributed by atoms with Crippen LogP contribution >= 0.6 is 11.6 Å². The van der Waals surface area contributed by atoms with E-state index in [-0.39, 0.29) is 5.92 Å². The fourth-order valence-corrected chi connectivity index (χ4v) is 2.45. The summed E-state index contributed by atoms with van der Waals surface area (Å²) in [5.41, 5.74) is 2.33. The highest BCUT2D eigenvalue weighted by Crippen LogP contribution is 2.23. The Bertz CT molecular complexity index is 643. The van der Waals surface area contributed by atoms with E-state index < -0.39 is 0 Å². The third-order valence-corrected chi connectivity index (χ3v) is 3.87. The van der Waals surface area contributed by atoms with E-state index in [1.165, 1.54) is 5.56 Å². The highest BCUT2D eigenvalue weighted by Gasteiger charge is 2.11. The van der Waals surface area contributed by atoms with Crippen molar-refractivity contribution in [3.8, 4) is 11.8 Å². The fourth-order valence-electron chi connectivity index (χ4n) is 2.27. The molecule has 0 bridgehead atoms. The number of benzene rings is 2. The number of ether oxygens (including phenoxy) is 1. The zero-order valence-electron chi connectivity index (χ0n) is 12.9. The van der Waals surface area contributed by atoms with Crippen molar-refractivity contribution >= 4 is 11.6 Å². The molecule has 0 radical (unpaired) electrons. The summed E-state index contributed by atoms with van der Waals surface area (Å²) in [6, 6.07) is 17.9. The quantitative estimate of drug-likeness (QED) is 0.701. The molecule has 0 saturated heterocycles. The molecule has 22 heavy (non-hydrogen) atoms. The van der Waals surface area contributed by atoms with Gasteiger partial charge in [-0.25, -0.2) is 0 Å². The Morgan fingerprint density at radius 2 is 1.77 bits per heavy atom. The fraction of sp³-hybridized carbons (Fsp3) is 0.316. The lowest BCUT2D eigenvalue weighted by Gasteiger charge is -2.12. The van der Waals surface area contributed by atoms with Crippen LogP contribution < -0.4 is 4.74 Å². The summed E-state index contributed by atoms with van der Waals surface area (Å²) in [6.45, 7) is 4.82. The molecule has 0 aliphatic rings. The maximum atomic E-state index is 9.37. The predicted molar refractivity (Wildman–Crippen MR) is 90.4 cm³/mol. The van der Waals surface area contributed by atoms with E-state index in [1.807, 2.05) is 30.3 Å². The average molecular weight is 314 g/mol. The Labute approximate surface area is 137 Å². The van der Waals surface area contributed by atoms with Gasteiger partial charge in [0.2, 0.25) is 0 Å². The van der Waals surface area contributed by atoms with Crippen LogP contribution in [0.4, 0.5) is 0 Å². The number of nitriles is 1. The summed E-state index contributed by atoms with van der Waals surface area (Å²) in [6.07, 6.45) is 0.657. The SMILES string of the molecule is CC(C)c1ccc(C(C#N)CCOc2cccc(Cl)c2)cc1. The van der Waals surface area contributed by atoms with Crippen molar-refractivity contribution in [2.24, 2.45) is 0 Å². The first-order valence-corrected chi connectivity index (χ1v) is 7.86. The predicted octanol–water partition coefficient (Wildman–Crippen LogP) is 5.54. The maximum Gasteiger partial charge on any atom is 0.120 e. The Hall–Kier alpha value is -1.98. The van der Waals surface area contributed by atoms with Gasteiger partial charge < -0.3 is 4.74 Å². The van der Waals surface area contributed by atoms with Gasteiger partial charge in [0.15, 0.2) is 0 Å². The molecule has 114 valence electrons. The largest absolute Gasteiger partial charge is 0.493 e. The van der Waals surface area contributed by atoms with Crippen LogP contribution in [-0.2, 0) is 0 Å². The average Bonchev–Trinajstić information content (AvgIpc) is 2.52. The highest BCUT2D eigenvalue weighted by molar-refractivity contribution is 6.30. The van der Waals surface area contributed by atoms with Crippen molar-refractivity contribution in [2.45, 2.75) is 32.1 Å². The molecule has 0 amide bonds. The van der Waals surface area contributed by atoms with E-state index in [0.717, 1.165) is 11.3 Å². The molecule has 0 aliphatic heterocycles. The number of halogens is 1. The molecule has 0 saturated carbocycles. The number of hydrogen-bond donors (Lipinski definition) is 0. The van der Waals surface area contributed by atoms with E-state index in [4.69, 9.17) is 16.3 Å². The van der Waals surface area contributed by atoms with Gasteiger partial charge in [0.25, 0.3) is 0 Å². The van der Waals surface area contributed by atoms with Crippen LogP contribution in [0.15, 0.2) is 48.5 Å². The van der Waals surface area contributed by atoms with Crippen LogP contribution in [0.2, 0.25) is 5.02 Å². The van der Waals surface area contributed by atoms with E-state index >= 15 is 0 Å². The molecule has 1 unspecified atom stereocenters. The van der Waals surface area contributed by atoms with Crippen LogP contribution in [0.3, 0.4) is 0 Å². The Balaban J connectivity index is 1.93. The number of hydrogen-bond acceptors (Lipinski definition) is 2. The van der Waals surface area contributed by atoms with E-state index in [0.29, 0.717) is 24.0 Å². The molecular formula is C19H20ClNO. The van der Waals surface area contributed by atoms with Crippen LogP contribution in [0.5, 0.6) is 5.75 Å². The molecule has 0 N–H and O–H groups in total. The second kappa shape index (κ2) is 7.87. The van der Waals surface area contributed by atoms with Gasteiger partial charge in [-0.2, -0.15) is 5.26 Å². The van der Waals surface area contributed by atoms with E-state index in [1.54, 1.807) is 6.07 Å². The molecule has 2 rings (SSSR count). The third kappa shape index (κ3) is 4.51. The zero-order valence-corrected chi connectivity index (χ0v) is 13.7. The molecule has 0 heterocycles. The first-order chi connectivity index (χ1) is 10.6. The third-order valence-electron chi connectivity index (χ3n) is 3.63. The Morgan fingerprint density at radius 1 is 1.09 bits per heavy atom. The van der Waals surface area contributed by atoms with Crippen molar-refractivity contribution < 1.29 is 4.74 Å². The summed E-state index contributed by atoms with van der Waals surface area (Å²) in [5.74, 6) is 1.08. The second-order valence-electron chi connectivity index (χ2n) is 5.60. The first kappa shape index (κ1) is 16.4. The summed E-state index contributed by atoms with van der Waals surface area (Å²) < 4.78 is 5.67. The summed E-state index contributed by atoms with van der Waals surface area (Å²) >= 11 is 5.92. The highest BCUT2D eigenvalue weighted by atomic mass is 35.5. The Kier molecular flexibility index (Phi) is 5.86. The monoisotopic (exact) mass is 313 g/mol. The van der Waals surface area contributed by atoms with Crippen molar-refractivity contribution in [2.75, 3.05) is 6.61 Å². The minimum atomic E-state index is -0.152. The second-order valence-corrected chi connectivity index (χ2v) is 6.03. The topological polar surface area (TPSA) is 33.0 Å². The summed E-state index contributed by atoms with van der Waals surface area (Å²) in [5, 5.41) is 10.0.